The molecule has 1 aliphatic heterocycles. The van der Waals surface area contributed by atoms with Crippen LogP contribution in [0.2, 0.25) is 0 Å². The number of halogens is 1. The van der Waals surface area contributed by atoms with Crippen LogP contribution in [0.1, 0.15) is 19.4 Å². The second-order valence-electron chi connectivity index (χ2n) is 8.43. The Morgan fingerprint density at radius 1 is 1.19 bits per heavy atom. The van der Waals surface area contributed by atoms with Gasteiger partial charge in [0.05, 0.1) is 10.9 Å². The minimum atomic E-state index is -0.367. The predicted molar refractivity (Wildman–Crippen MR) is 124 cm³/mol. The number of fused-ring (bicyclic) bond motifs is 2. The van der Waals surface area contributed by atoms with E-state index < -0.39 is 0 Å². The number of anilines is 3. The summed E-state index contributed by atoms with van der Waals surface area (Å²) in [6.07, 6.45) is 3.63. The minimum absolute atomic E-state index is 0.357. The number of rotatable bonds is 4. The van der Waals surface area contributed by atoms with E-state index in [-0.39, 0.29) is 5.82 Å². The molecule has 4 aromatic rings. The Hall–Kier alpha value is -3.39. The largest absolute Gasteiger partial charge is 0.368 e. The number of aryl methyl sites for hydroxylation is 1. The van der Waals surface area contributed by atoms with Crippen LogP contribution >= 0.6 is 0 Å². The summed E-state index contributed by atoms with van der Waals surface area (Å²) in [5, 5.41) is 20.3. The maximum atomic E-state index is 14.5. The van der Waals surface area contributed by atoms with Gasteiger partial charge in [0.25, 0.3) is 0 Å². The highest BCUT2D eigenvalue weighted by atomic mass is 19.1. The van der Waals surface area contributed by atoms with Gasteiger partial charge in [0.15, 0.2) is 11.6 Å². The van der Waals surface area contributed by atoms with Gasteiger partial charge in [-0.1, -0.05) is 12.7 Å². The lowest BCUT2D eigenvalue weighted by atomic mass is 10.1. The van der Waals surface area contributed by atoms with Crippen molar-refractivity contribution in [2.45, 2.75) is 25.9 Å². The molecule has 1 fully saturated rings. The van der Waals surface area contributed by atoms with E-state index in [1.165, 1.54) is 6.07 Å². The van der Waals surface area contributed by atoms with Gasteiger partial charge in [-0.25, -0.2) is 4.39 Å². The van der Waals surface area contributed by atoms with Crippen LogP contribution in [0.25, 0.3) is 27.9 Å². The number of nitrogens with one attached hydrogen (secondary N) is 3. The van der Waals surface area contributed by atoms with Crippen LogP contribution in [0.15, 0.2) is 37.0 Å². The molecule has 0 unspecified atom stereocenters. The van der Waals surface area contributed by atoms with E-state index in [0.717, 1.165) is 40.6 Å². The maximum absolute atomic E-state index is 14.5. The van der Waals surface area contributed by atoms with Gasteiger partial charge in [0, 0.05) is 55.2 Å². The van der Waals surface area contributed by atoms with Gasteiger partial charge < -0.3 is 15.5 Å². The van der Waals surface area contributed by atoms with Crippen LogP contribution in [-0.4, -0.2) is 45.2 Å². The molecule has 5 rings (SSSR count). The molecule has 0 spiro atoms. The molecule has 0 aliphatic carbocycles. The molecule has 7 nitrogen and oxygen atoms in total. The lowest BCUT2D eigenvalue weighted by molar-refractivity contribution is 0.407. The molecular weight excluding hydrogens is 393 g/mol. The molecule has 3 heterocycles. The molecule has 2 aromatic carbocycles. The fraction of sp³-hybridized carbons (Fsp3) is 0.304. The van der Waals surface area contributed by atoms with Crippen molar-refractivity contribution in [3.8, 4) is 0 Å². The zero-order valence-corrected chi connectivity index (χ0v) is 17.9. The monoisotopic (exact) mass is 419 g/mol. The van der Waals surface area contributed by atoms with Crippen molar-refractivity contribution < 1.29 is 4.39 Å². The number of benzene rings is 2. The molecule has 0 bridgehead atoms. The van der Waals surface area contributed by atoms with Gasteiger partial charge in [-0.2, -0.15) is 10.2 Å². The number of aromatic nitrogens is 4. The fourth-order valence-corrected chi connectivity index (χ4v) is 4.57. The van der Waals surface area contributed by atoms with Gasteiger partial charge >= 0.3 is 0 Å². The Morgan fingerprint density at radius 3 is 2.71 bits per heavy atom. The third kappa shape index (κ3) is 3.53. The molecule has 1 saturated heterocycles. The molecule has 8 heteroatoms. The van der Waals surface area contributed by atoms with Gasteiger partial charge in [0.2, 0.25) is 0 Å². The van der Waals surface area contributed by atoms with Crippen molar-refractivity contribution in [3.63, 3.8) is 0 Å². The lowest BCUT2D eigenvalue weighted by Gasteiger charge is -2.37. The quantitative estimate of drug-likeness (QED) is 0.463. The van der Waals surface area contributed by atoms with Crippen molar-refractivity contribution in [1.82, 2.24) is 25.3 Å². The van der Waals surface area contributed by atoms with Crippen LogP contribution in [0, 0.1) is 5.82 Å². The normalized spacial score (nSPS) is 19.3. The number of hydrogen-bond donors (Lipinski definition) is 3. The second-order valence-corrected chi connectivity index (χ2v) is 8.43. The lowest BCUT2D eigenvalue weighted by Crippen LogP contribution is -2.54. The summed E-state index contributed by atoms with van der Waals surface area (Å²) < 4.78 is 16.1. The van der Waals surface area contributed by atoms with Gasteiger partial charge in [-0.05, 0) is 43.7 Å². The van der Waals surface area contributed by atoms with Gasteiger partial charge in [-0.15, -0.1) is 0 Å². The molecule has 2 atom stereocenters. The van der Waals surface area contributed by atoms with E-state index in [1.807, 2.05) is 12.1 Å². The molecule has 0 amide bonds. The SMILES string of the molecule is C=Cc1cc(N2C[C@H](C)N[C@@H](C)C2)cc2[nH]nc(Nc3cc(F)c4nn(C)cc4c3)c12. The van der Waals surface area contributed by atoms with E-state index >= 15 is 0 Å². The molecule has 0 radical (unpaired) electrons. The molecule has 2 aromatic heterocycles. The number of aromatic amines is 1. The zero-order chi connectivity index (χ0) is 21.7. The Balaban J connectivity index is 1.53. The summed E-state index contributed by atoms with van der Waals surface area (Å²) in [5.74, 6) is 0.273. The van der Waals surface area contributed by atoms with Gasteiger partial charge in [0.1, 0.15) is 5.52 Å². The van der Waals surface area contributed by atoms with E-state index in [4.69, 9.17) is 0 Å². The smallest absolute Gasteiger partial charge is 0.160 e. The van der Waals surface area contributed by atoms with E-state index in [0.29, 0.717) is 29.1 Å². The third-order valence-electron chi connectivity index (χ3n) is 5.76. The van der Waals surface area contributed by atoms with E-state index in [9.17, 15) is 4.39 Å². The summed E-state index contributed by atoms with van der Waals surface area (Å²) in [6, 6.07) is 8.42. The highest BCUT2D eigenvalue weighted by molar-refractivity contribution is 6.00. The predicted octanol–water partition coefficient (Wildman–Crippen LogP) is 4.16. The molecular formula is C23H26FN7. The van der Waals surface area contributed by atoms with Crippen molar-refractivity contribution in [2.75, 3.05) is 23.3 Å². The summed E-state index contributed by atoms with van der Waals surface area (Å²) >= 11 is 0. The molecule has 160 valence electrons. The Labute approximate surface area is 179 Å². The second kappa shape index (κ2) is 7.39. The van der Waals surface area contributed by atoms with Crippen LogP contribution in [0.3, 0.4) is 0 Å². The first-order chi connectivity index (χ1) is 14.9. The first kappa shape index (κ1) is 19.6. The standard InChI is InChI=1S/C23H26FN7/c1-5-15-7-18(31-10-13(2)25-14(3)11-31)9-20-21(15)23(28-27-20)26-17-6-16-12-30(4)29-22(16)19(24)8-17/h5-9,12-14,25H,1,10-11H2,2-4H3,(H2,26,27,28)/t13-,14-/m0/s1. The highest BCUT2D eigenvalue weighted by Crippen LogP contribution is 2.33. The summed E-state index contributed by atoms with van der Waals surface area (Å²) in [6.45, 7) is 10.3. The van der Waals surface area contributed by atoms with Gasteiger partial charge in [-0.3, -0.25) is 9.78 Å². The van der Waals surface area contributed by atoms with Crippen molar-refractivity contribution >= 4 is 45.1 Å². The Morgan fingerprint density at radius 2 is 1.97 bits per heavy atom. The molecule has 3 N–H and O–H groups in total. The topological polar surface area (TPSA) is 73.8 Å². The maximum Gasteiger partial charge on any atom is 0.160 e. The third-order valence-corrected chi connectivity index (χ3v) is 5.76. The highest BCUT2D eigenvalue weighted by Gasteiger charge is 2.22. The fourth-order valence-electron chi connectivity index (χ4n) is 4.57. The first-order valence-electron chi connectivity index (χ1n) is 10.5. The Kier molecular flexibility index (Phi) is 4.66. The van der Waals surface area contributed by atoms with Crippen molar-refractivity contribution in [3.05, 3.63) is 48.4 Å². The molecule has 31 heavy (non-hydrogen) atoms. The number of hydrogen-bond acceptors (Lipinski definition) is 5. The first-order valence-corrected chi connectivity index (χ1v) is 10.5. The number of piperazine rings is 1. The number of H-pyrrole nitrogens is 1. The number of nitrogens with zero attached hydrogens (tertiary/aromatic N) is 4. The zero-order valence-electron chi connectivity index (χ0n) is 17.9. The van der Waals surface area contributed by atoms with E-state index in [2.05, 4.69) is 63.4 Å². The van der Waals surface area contributed by atoms with Crippen LogP contribution in [0.4, 0.5) is 21.6 Å². The summed E-state index contributed by atoms with van der Waals surface area (Å²) in [7, 11) is 1.78. The van der Waals surface area contributed by atoms with Crippen LogP contribution < -0.4 is 15.5 Å². The summed E-state index contributed by atoms with van der Waals surface area (Å²) in [5.41, 5.74) is 4.01. The van der Waals surface area contributed by atoms with Crippen molar-refractivity contribution in [1.29, 1.82) is 0 Å². The summed E-state index contributed by atoms with van der Waals surface area (Å²) in [4.78, 5) is 2.39. The minimum Gasteiger partial charge on any atom is -0.368 e. The van der Waals surface area contributed by atoms with Crippen LogP contribution in [0.5, 0.6) is 0 Å². The van der Waals surface area contributed by atoms with Crippen LogP contribution in [-0.2, 0) is 7.05 Å². The average Bonchev–Trinajstić information content (AvgIpc) is 3.30. The van der Waals surface area contributed by atoms with Crippen molar-refractivity contribution in [2.24, 2.45) is 7.05 Å². The Bertz CT molecular complexity index is 1280. The average molecular weight is 420 g/mol. The molecule has 0 saturated carbocycles. The molecule has 1 aliphatic rings. The van der Waals surface area contributed by atoms with E-state index in [1.54, 1.807) is 17.9 Å².